The summed E-state index contributed by atoms with van der Waals surface area (Å²) < 4.78 is 0. The number of nitrogens with zero attached hydrogens (tertiary/aromatic N) is 2. The van der Waals surface area contributed by atoms with Crippen LogP contribution in [0.4, 0.5) is 5.69 Å². The molecule has 1 aliphatic rings. The van der Waals surface area contributed by atoms with E-state index in [0.717, 1.165) is 11.3 Å². The molecule has 1 heterocycles. The second kappa shape index (κ2) is 12.7. The van der Waals surface area contributed by atoms with Gasteiger partial charge >= 0.3 is 0 Å². The van der Waals surface area contributed by atoms with Crippen LogP contribution in [0.5, 0.6) is 0 Å². The Hall–Kier alpha value is -3.43. The number of anilines is 1. The molecule has 4 N–H and O–H groups in total. The Morgan fingerprint density at radius 3 is 2.03 bits per heavy atom. The predicted molar refractivity (Wildman–Crippen MR) is 128 cm³/mol. The number of hydrogen-bond donors (Lipinski definition) is 4. The molecular formula is C25H32N4O5. The fourth-order valence-corrected chi connectivity index (χ4v) is 3.77. The van der Waals surface area contributed by atoms with Gasteiger partial charge in [0.2, 0.25) is 5.91 Å². The van der Waals surface area contributed by atoms with Crippen molar-refractivity contribution >= 4 is 23.4 Å². The second-order valence-electron chi connectivity index (χ2n) is 8.16. The van der Waals surface area contributed by atoms with Gasteiger partial charge in [-0.3, -0.25) is 14.4 Å². The van der Waals surface area contributed by atoms with Crippen molar-refractivity contribution in [3.63, 3.8) is 0 Å². The van der Waals surface area contributed by atoms with Crippen molar-refractivity contribution in [3.8, 4) is 0 Å². The van der Waals surface area contributed by atoms with Crippen LogP contribution in [0.15, 0.2) is 60.7 Å². The predicted octanol–water partition coefficient (Wildman–Crippen LogP) is -0.0778. The smallest absolute Gasteiger partial charge is 0.254 e. The first kappa shape index (κ1) is 25.2. The lowest BCUT2D eigenvalue weighted by atomic mass is 10.1. The number of carbonyl (C=O) groups is 3. The largest absolute Gasteiger partial charge is 0.380 e. The van der Waals surface area contributed by atoms with E-state index in [2.05, 4.69) is 15.5 Å². The summed E-state index contributed by atoms with van der Waals surface area (Å²) in [6, 6.07) is 19.5. The van der Waals surface area contributed by atoms with Crippen LogP contribution in [-0.2, 0) is 20.8 Å². The van der Waals surface area contributed by atoms with Crippen molar-refractivity contribution in [2.75, 3.05) is 44.2 Å². The summed E-state index contributed by atoms with van der Waals surface area (Å²) in [4.78, 5) is 40.2. The highest BCUT2D eigenvalue weighted by atomic mass is 16.3. The average molecular weight is 469 g/mol. The topological polar surface area (TPSA) is 122 Å². The summed E-state index contributed by atoms with van der Waals surface area (Å²) in [5, 5.41) is 25.5. The van der Waals surface area contributed by atoms with E-state index in [1.165, 1.54) is 4.90 Å². The van der Waals surface area contributed by atoms with Crippen LogP contribution in [0.2, 0.25) is 0 Å². The van der Waals surface area contributed by atoms with Gasteiger partial charge in [-0.25, -0.2) is 0 Å². The van der Waals surface area contributed by atoms with Gasteiger partial charge in [0, 0.05) is 51.4 Å². The summed E-state index contributed by atoms with van der Waals surface area (Å²) in [5.74, 6) is -1.68. The van der Waals surface area contributed by atoms with E-state index in [4.69, 9.17) is 0 Å². The maximum absolute atomic E-state index is 12.6. The highest BCUT2D eigenvalue weighted by Gasteiger charge is 2.34. The number of amides is 3. The van der Waals surface area contributed by atoms with E-state index >= 15 is 0 Å². The number of hydrogen-bond acceptors (Lipinski definition) is 6. The van der Waals surface area contributed by atoms with Gasteiger partial charge in [0.15, 0.2) is 12.2 Å². The number of aryl methyl sites for hydroxylation is 1. The Labute approximate surface area is 199 Å². The first-order chi connectivity index (χ1) is 16.5. The third kappa shape index (κ3) is 7.29. The summed E-state index contributed by atoms with van der Waals surface area (Å²) in [6.07, 6.45) is -2.78. The lowest BCUT2D eigenvalue weighted by molar-refractivity contribution is -0.153. The Balaban J connectivity index is 1.33. The maximum Gasteiger partial charge on any atom is 0.254 e. The zero-order valence-electron chi connectivity index (χ0n) is 19.1. The Morgan fingerprint density at radius 1 is 0.794 bits per heavy atom. The van der Waals surface area contributed by atoms with Crippen LogP contribution >= 0.6 is 0 Å². The van der Waals surface area contributed by atoms with Gasteiger partial charge in [-0.2, -0.15) is 0 Å². The molecule has 0 saturated carbocycles. The molecule has 1 aliphatic heterocycles. The summed E-state index contributed by atoms with van der Waals surface area (Å²) in [5.41, 5.74) is 2.12. The molecular weight excluding hydrogens is 436 g/mol. The SMILES string of the molecule is O=C(CCc1ccccc1)NCCNC(=O)[C@H](O)[C@@H](O)C(=O)N1CCN(c2ccccc2)CC1. The first-order valence-corrected chi connectivity index (χ1v) is 11.5. The molecule has 0 aliphatic carbocycles. The van der Waals surface area contributed by atoms with Gasteiger partial charge in [0.25, 0.3) is 11.8 Å². The zero-order chi connectivity index (χ0) is 24.3. The molecule has 0 unspecified atom stereocenters. The van der Waals surface area contributed by atoms with Crippen molar-refractivity contribution in [2.24, 2.45) is 0 Å². The highest BCUT2D eigenvalue weighted by Crippen LogP contribution is 2.16. The molecule has 1 fully saturated rings. The number of nitrogens with one attached hydrogen (secondary N) is 2. The van der Waals surface area contributed by atoms with Gasteiger partial charge in [-0.1, -0.05) is 48.5 Å². The van der Waals surface area contributed by atoms with Crippen LogP contribution in [0, 0.1) is 0 Å². The highest BCUT2D eigenvalue weighted by molar-refractivity contribution is 5.90. The number of para-hydroxylation sites is 1. The van der Waals surface area contributed by atoms with Crippen LogP contribution in [-0.4, -0.2) is 84.3 Å². The number of rotatable bonds is 10. The van der Waals surface area contributed by atoms with Crippen LogP contribution < -0.4 is 15.5 Å². The normalized spacial score (nSPS) is 15.4. The van der Waals surface area contributed by atoms with E-state index in [0.29, 0.717) is 39.0 Å². The average Bonchev–Trinajstić information content (AvgIpc) is 2.89. The monoisotopic (exact) mass is 468 g/mol. The number of aliphatic hydroxyl groups is 2. The minimum Gasteiger partial charge on any atom is -0.380 e. The molecule has 3 amide bonds. The Kier molecular flexibility index (Phi) is 9.42. The summed E-state index contributed by atoms with van der Waals surface area (Å²) in [7, 11) is 0. The van der Waals surface area contributed by atoms with E-state index < -0.39 is 24.0 Å². The van der Waals surface area contributed by atoms with Crippen LogP contribution in [0.25, 0.3) is 0 Å². The third-order valence-electron chi connectivity index (χ3n) is 5.76. The third-order valence-corrected chi connectivity index (χ3v) is 5.76. The first-order valence-electron chi connectivity index (χ1n) is 11.5. The molecule has 0 radical (unpaired) electrons. The number of piperazine rings is 1. The molecule has 34 heavy (non-hydrogen) atoms. The lowest BCUT2D eigenvalue weighted by Gasteiger charge is -2.37. The Bertz CT molecular complexity index is 933. The lowest BCUT2D eigenvalue weighted by Crippen LogP contribution is -2.56. The number of benzene rings is 2. The van der Waals surface area contributed by atoms with Gasteiger partial charge in [-0.15, -0.1) is 0 Å². The number of carbonyl (C=O) groups excluding carboxylic acids is 3. The molecule has 182 valence electrons. The van der Waals surface area contributed by atoms with E-state index in [-0.39, 0.29) is 19.0 Å². The minimum absolute atomic E-state index is 0.0730. The molecule has 2 aromatic carbocycles. The van der Waals surface area contributed by atoms with Crippen molar-refractivity contribution in [3.05, 3.63) is 66.2 Å². The fourth-order valence-electron chi connectivity index (χ4n) is 3.77. The van der Waals surface area contributed by atoms with E-state index in [1.54, 1.807) is 0 Å². The fraction of sp³-hybridized carbons (Fsp3) is 0.400. The van der Waals surface area contributed by atoms with Gasteiger partial charge in [0.05, 0.1) is 0 Å². The molecule has 9 nitrogen and oxygen atoms in total. The summed E-state index contributed by atoms with van der Waals surface area (Å²) >= 11 is 0. The quantitative estimate of drug-likeness (QED) is 0.362. The van der Waals surface area contributed by atoms with Gasteiger partial charge in [0.1, 0.15) is 0 Å². The van der Waals surface area contributed by atoms with Gasteiger partial charge in [-0.05, 0) is 24.1 Å². The van der Waals surface area contributed by atoms with Crippen molar-refractivity contribution in [2.45, 2.75) is 25.0 Å². The molecule has 0 aromatic heterocycles. The van der Waals surface area contributed by atoms with E-state index in [1.807, 2.05) is 60.7 Å². The van der Waals surface area contributed by atoms with Crippen molar-refractivity contribution < 1.29 is 24.6 Å². The molecule has 0 bridgehead atoms. The standard InChI is InChI=1S/C25H32N4O5/c30-21(12-11-19-7-3-1-4-8-19)26-13-14-27-24(33)22(31)23(32)25(34)29-17-15-28(16-18-29)20-9-5-2-6-10-20/h1-10,22-23,31-32H,11-18H2,(H,26,30)(H,27,33)/t22-,23-/m1/s1. The maximum atomic E-state index is 12.6. The molecule has 2 atom stereocenters. The molecule has 0 spiro atoms. The molecule has 9 heteroatoms. The second-order valence-corrected chi connectivity index (χ2v) is 8.16. The Morgan fingerprint density at radius 2 is 1.38 bits per heavy atom. The number of aliphatic hydroxyl groups excluding tert-OH is 2. The van der Waals surface area contributed by atoms with Crippen LogP contribution in [0.3, 0.4) is 0 Å². The molecule has 3 rings (SSSR count). The van der Waals surface area contributed by atoms with Crippen molar-refractivity contribution in [1.82, 2.24) is 15.5 Å². The van der Waals surface area contributed by atoms with Crippen LogP contribution in [0.1, 0.15) is 12.0 Å². The minimum atomic E-state index is -1.88. The zero-order valence-corrected chi connectivity index (χ0v) is 19.1. The molecule has 1 saturated heterocycles. The van der Waals surface area contributed by atoms with Crippen molar-refractivity contribution in [1.29, 1.82) is 0 Å². The molecule has 2 aromatic rings. The van der Waals surface area contributed by atoms with Gasteiger partial charge < -0.3 is 30.6 Å². The summed E-state index contributed by atoms with van der Waals surface area (Å²) in [6.45, 7) is 2.20. The van der Waals surface area contributed by atoms with E-state index in [9.17, 15) is 24.6 Å².